The third-order valence-corrected chi connectivity index (χ3v) is 4.20. The molecule has 1 aromatic heterocycles. The van der Waals surface area contributed by atoms with Crippen molar-refractivity contribution in [2.24, 2.45) is 0 Å². The van der Waals surface area contributed by atoms with Gasteiger partial charge in [-0.3, -0.25) is 4.79 Å². The van der Waals surface area contributed by atoms with Crippen molar-refractivity contribution in [2.45, 2.75) is 39.7 Å². The van der Waals surface area contributed by atoms with Gasteiger partial charge in [0.2, 0.25) is 0 Å². The summed E-state index contributed by atoms with van der Waals surface area (Å²) < 4.78 is 0. The SMILES string of the molecule is CCC(CC)N(CCCl)C(=O)c1sccc1C. The summed E-state index contributed by atoms with van der Waals surface area (Å²) in [5.74, 6) is 0.624. The van der Waals surface area contributed by atoms with E-state index in [2.05, 4.69) is 13.8 Å². The summed E-state index contributed by atoms with van der Waals surface area (Å²) >= 11 is 7.32. The lowest BCUT2D eigenvalue weighted by Gasteiger charge is -2.29. The van der Waals surface area contributed by atoms with Gasteiger partial charge in [-0.1, -0.05) is 13.8 Å². The van der Waals surface area contributed by atoms with Crippen molar-refractivity contribution < 1.29 is 4.79 Å². The molecule has 1 heterocycles. The van der Waals surface area contributed by atoms with Gasteiger partial charge in [-0.05, 0) is 36.8 Å². The third kappa shape index (κ3) is 3.46. The van der Waals surface area contributed by atoms with Gasteiger partial charge >= 0.3 is 0 Å². The zero-order valence-electron chi connectivity index (χ0n) is 10.7. The summed E-state index contributed by atoms with van der Waals surface area (Å²) in [6.07, 6.45) is 1.95. The highest BCUT2D eigenvalue weighted by molar-refractivity contribution is 7.12. The second kappa shape index (κ2) is 7.02. The number of thiophene rings is 1. The number of alkyl halides is 1. The summed E-state index contributed by atoms with van der Waals surface area (Å²) in [4.78, 5) is 15.2. The number of amides is 1. The van der Waals surface area contributed by atoms with Crippen LogP contribution < -0.4 is 0 Å². The smallest absolute Gasteiger partial charge is 0.264 e. The Hall–Kier alpha value is -0.540. The standard InChI is InChI=1S/C13H20ClNOS/c1-4-11(5-2)15(8-7-14)13(16)12-10(3)6-9-17-12/h6,9,11H,4-5,7-8H2,1-3H3. The number of nitrogens with zero attached hydrogens (tertiary/aromatic N) is 1. The highest BCUT2D eigenvalue weighted by atomic mass is 35.5. The summed E-state index contributed by atoms with van der Waals surface area (Å²) in [5.41, 5.74) is 1.06. The van der Waals surface area contributed by atoms with Crippen LogP contribution in [0.2, 0.25) is 0 Å². The largest absolute Gasteiger partial charge is 0.334 e. The van der Waals surface area contributed by atoms with Gasteiger partial charge in [0.1, 0.15) is 0 Å². The topological polar surface area (TPSA) is 20.3 Å². The molecule has 0 saturated carbocycles. The van der Waals surface area contributed by atoms with Gasteiger partial charge in [-0.25, -0.2) is 0 Å². The molecule has 2 nitrogen and oxygen atoms in total. The van der Waals surface area contributed by atoms with Crippen LogP contribution in [0.25, 0.3) is 0 Å². The second-order valence-corrected chi connectivity index (χ2v) is 5.38. The Kier molecular flexibility index (Phi) is 6.00. The summed E-state index contributed by atoms with van der Waals surface area (Å²) in [7, 11) is 0. The molecule has 0 bridgehead atoms. The second-order valence-electron chi connectivity index (χ2n) is 4.09. The molecule has 0 aliphatic heterocycles. The maximum absolute atomic E-state index is 12.5. The first-order chi connectivity index (χ1) is 8.15. The zero-order valence-corrected chi connectivity index (χ0v) is 12.3. The molecule has 0 atom stereocenters. The Morgan fingerprint density at radius 1 is 1.47 bits per heavy atom. The average molecular weight is 274 g/mol. The fraction of sp³-hybridized carbons (Fsp3) is 0.615. The van der Waals surface area contributed by atoms with E-state index in [9.17, 15) is 4.79 Å². The Morgan fingerprint density at radius 3 is 2.53 bits per heavy atom. The van der Waals surface area contributed by atoms with Crippen molar-refractivity contribution in [2.75, 3.05) is 12.4 Å². The van der Waals surface area contributed by atoms with Crippen LogP contribution in [0.1, 0.15) is 41.9 Å². The summed E-state index contributed by atoms with van der Waals surface area (Å²) in [6.45, 7) is 6.84. The van der Waals surface area contributed by atoms with Crippen molar-refractivity contribution in [1.29, 1.82) is 0 Å². The van der Waals surface area contributed by atoms with E-state index in [1.54, 1.807) is 0 Å². The highest BCUT2D eigenvalue weighted by Crippen LogP contribution is 2.21. The molecule has 0 radical (unpaired) electrons. The summed E-state index contributed by atoms with van der Waals surface area (Å²) in [6, 6.07) is 2.28. The van der Waals surface area contributed by atoms with E-state index in [4.69, 9.17) is 11.6 Å². The van der Waals surface area contributed by atoms with Crippen molar-refractivity contribution in [3.8, 4) is 0 Å². The van der Waals surface area contributed by atoms with Crippen molar-refractivity contribution in [3.05, 3.63) is 21.9 Å². The van der Waals surface area contributed by atoms with Crippen molar-refractivity contribution >= 4 is 28.8 Å². The third-order valence-electron chi connectivity index (χ3n) is 3.03. The molecule has 0 aromatic carbocycles. The molecule has 0 aliphatic rings. The molecule has 0 fully saturated rings. The predicted molar refractivity (Wildman–Crippen MR) is 75.2 cm³/mol. The van der Waals surface area contributed by atoms with Crippen LogP contribution in [0, 0.1) is 6.92 Å². The first-order valence-corrected chi connectivity index (χ1v) is 7.48. The van der Waals surface area contributed by atoms with Crippen LogP contribution >= 0.6 is 22.9 Å². The van der Waals surface area contributed by atoms with Crippen LogP contribution in [0.4, 0.5) is 0 Å². The maximum atomic E-state index is 12.5. The number of aryl methyl sites for hydroxylation is 1. The van der Waals surface area contributed by atoms with Gasteiger partial charge in [-0.15, -0.1) is 22.9 Å². The zero-order chi connectivity index (χ0) is 12.8. The van der Waals surface area contributed by atoms with Crippen LogP contribution in [-0.4, -0.2) is 29.3 Å². The van der Waals surface area contributed by atoms with E-state index in [0.29, 0.717) is 18.5 Å². The van der Waals surface area contributed by atoms with E-state index >= 15 is 0 Å². The number of rotatable bonds is 6. The van der Waals surface area contributed by atoms with Crippen LogP contribution in [0.5, 0.6) is 0 Å². The molecule has 4 heteroatoms. The minimum atomic E-state index is 0.131. The normalized spacial score (nSPS) is 10.9. The minimum Gasteiger partial charge on any atom is -0.334 e. The van der Waals surface area contributed by atoms with Gasteiger partial charge in [-0.2, -0.15) is 0 Å². The Balaban J connectivity index is 2.91. The van der Waals surface area contributed by atoms with Gasteiger partial charge in [0.15, 0.2) is 0 Å². The van der Waals surface area contributed by atoms with Gasteiger partial charge in [0.25, 0.3) is 5.91 Å². The number of carbonyl (C=O) groups is 1. The van der Waals surface area contributed by atoms with E-state index in [-0.39, 0.29) is 5.91 Å². The van der Waals surface area contributed by atoms with Gasteiger partial charge in [0, 0.05) is 18.5 Å². The average Bonchev–Trinajstić information content (AvgIpc) is 2.75. The number of halogens is 1. The first-order valence-electron chi connectivity index (χ1n) is 6.06. The highest BCUT2D eigenvalue weighted by Gasteiger charge is 2.23. The molecule has 0 spiro atoms. The number of hydrogen-bond donors (Lipinski definition) is 0. The van der Waals surface area contributed by atoms with Crippen LogP contribution in [0.15, 0.2) is 11.4 Å². The molecule has 0 saturated heterocycles. The number of carbonyl (C=O) groups excluding carboxylic acids is 1. The number of hydrogen-bond acceptors (Lipinski definition) is 2. The molecular formula is C13H20ClNOS. The first kappa shape index (κ1) is 14.5. The fourth-order valence-corrected chi connectivity index (χ4v) is 3.06. The Morgan fingerprint density at radius 2 is 2.12 bits per heavy atom. The Bertz CT molecular complexity index is 360. The molecule has 0 unspecified atom stereocenters. The maximum Gasteiger partial charge on any atom is 0.264 e. The van der Waals surface area contributed by atoms with Crippen molar-refractivity contribution in [1.82, 2.24) is 4.90 Å². The fourth-order valence-electron chi connectivity index (χ4n) is 1.99. The van der Waals surface area contributed by atoms with E-state index in [1.165, 1.54) is 11.3 Å². The monoisotopic (exact) mass is 273 g/mol. The summed E-state index contributed by atoms with van der Waals surface area (Å²) in [5, 5.41) is 1.97. The molecule has 96 valence electrons. The van der Waals surface area contributed by atoms with Gasteiger partial charge < -0.3 is 4.90 Å². The van der Waals surface area contributed by atoms with Crippen molar-refractivity contribution in [3.63, 3.8) is 0 Å². The molecule has 1 rings (SSSR count). The quantitative estimate of drug-likeness (QED) is 0.719. The minimum absolute atomic E-state index is 0.131. The Labute approximate surface area is 113 Å². The molecular weight excluding hydrogens is 254 g/mol. The van der Waals surface area contributed by atoms with E-state index in [1.807, 2.05) is 23.3 Å². The molecule has 1 aromatic rings. The molecule has 17 heavy (non-hydrogen) atoms. The van der Waals surface area contributed by atoms with Crippen LogP contribution in [-0.2, 0) is 0 Å². The van der Waals surface area contributed by atoms with Gasteiger partial charge in [0.05, 0.1) is 4.88 Å². The van der Waals surface area contributed by atoms with E-state index in [0.717, 1.165) is 23.3 Å². The molecule has 0 N–H and O–H groups in total. The van der Waals surface area contributed by atoms with Crippen LogP contribution in [0.3, 0.4) is 0 Å². The predicted octanol–water partition coefficient (Wildman–Crippen LogP) is 3.93. The lowest BCUT2D eigenvalue weighted by Crippen LogP contribution is -2.40. The lowest BCUT2D eigenvalue weighted by atomic mass is 10.1. The molecule has 0 aliphatic carbocycles. The van der Waals surface area contributed by atoms with E-state index < -0.39 is 0 Å². The lowest BCUT2D eigenvalue weighted by molar-refractivity contribution is 0.0686. The molecule has 1 amide bonds.